The molecule has 0 spiro atoms. The van der Waals surface area contributed by atoms with Crippen LogP contribution in [0.3, 0.4) is 0 Å². The maximum Gasteiger partial charge on any atom is 0.187 e. The van der Waals surface area contributed by atoms with Crippen LogP contribution in [0.5, 0.6) is 0 Å². The summed E-state index contributed by atoms with van der Waals surface area (Å²) in [6.45, 7) is 5.66. The van der Waals surface area contributed by atoms with Crippen molar-refractivity contribution >= 4 is 0 Å². The third-order valence-corrected chi connectivity index (χ3v) is 2.61. The van der Waals surface area contributed by atoms with Crippen LogP contribution in [0, 0.1) is 23.3 Å². The number of halogens is 4. The maximum atomic E-state index is 13.7. The van der Waals surface area contributed by atoms with Gasteiger partial charge in [-0.15, -0.1) is 5.10 Å². The van der Waals surface area contributed by atoms with Crippen LogP contribution in [0.15, 0.2) is 6.07 Å². The van der Waals surface area contributed by atoms with E-state index >= 15 is 0 Å². The molecule has 2 aromatic rings. The van der Waals surface area contributed by atoms with Crippen LogP contribution < -0.4 is 5.32 Å². The molecule has 1 aromatic heterocycles. The smallest absolute Gasteiger partial charge is 0.187 e. The molecule has 1 aromatic carbocycles. The number of benzene rings is 1. The Hall–Kier alpha value is -2.03. The van der Waals surface area contributed by atoms with Crippen LogP contribution in [0.25, 0.3) is 5.69 Å². The Bertz CT molecular complexity index is 636. The molecular weight excluding hydrogens is 290 g/mol. The number of hydrogen-bond acceptors (Lipinski definition) is 4. The lowest BCUT2D eigenvalue weighted by Gasteiger charge is -2.20. The van der Waals surface area contributed by atoms with Gasteiger partial charge in [0.25, 0.3) is 0 Å². The largest absolute Gasteiger partial charge is 0.305 e. The van der Waals surface area contributed by atoms with Gasteiger partial charge >= 0.3 is 0 Å². The van der Waals surface area contributed by atoms with E-state index in [0.29, 0.717) is 4.68 Å². The van der Waals surface area contributed by atoms with Crippen LogP contribution in [0.4, 0.5) is 17.6 Å². The SMILES string of the molecule is CC(C)(C)NCc1nnnn1-c1c(F)c(F)cc(F)c1F. The Labute approximate surface area is 118 Å². The molecule has 0 saturated heterocycles. The zero-order valence-electron chi connectivity index (χ0n) is 11.6. The molecule has 0 aliphatic heterocycles. The fraction of sp³-hybridized carbons (Fsp3) is 0.417. The van der Waals surface area contributed by atoms with E-state index in [2.05, 4.69) is 20.8 Å². The minimum atomic E-state index is -1.56. The standard InChI is InChI=1S/C12H13F4N5/c1-12(2,3)17-5-8-18-19-20-21(8)11-9(15)6(13)4-7(14)10(11)16/h4,17H,5H2,1-3H3. The average molecular weight is 303 g/mol. The van der Waals surface area contributed by atoms with Crippen molar-refractivity contribution in [1.82, 2.24) is 25.5 Å². The highest BCUT2D eigenvalue weighted by Crippen LogP contribution is 2.23. The second-order valence-corrected chi connectivity index (χ2v) is 5.43. The first-order chi connectivity index (χ1) is 9.70. The zero-order chi connectivity index (χ0) is 15.8. The lowest BCUT2D eigenvalue weighted by molar-refractivity contribution is 0.410. The van der Waals surface area contributed by atoms with Gasteiger partial charge in [-0.2, -0.15) is 4.68 Å². The molecule has 0 aliphatic rings. The monoisotopic (exact) mass is 303 g/mol. The highest BCUT2D eigenvalue weighted by molar-refractivity contribution is 5.36. The van der Waals surface area contributed by atoms with Gasteiger partial charge in [0.15, 0.2) is 29.1 Å². The van der Waals surface area contributed by atoms with E-state index in [1.807, 2.05) is 20.8 Å². The summed E-state index contributed by atoms with van der Waals surface area (Å²) in [5.41, 5.74) is -1.29. The fourth-order valence-corrected chi connectivity index (χ4v) is 1.58. The van der Waals surface area contributed by atoms with Gasteiger partial charge in [0.05, 0.1) is 6.54 Å². The van der Waals surface area contributed by atoms with E-state index in [0.717, 1.165) is 0 Å². The molecule has 0 saturated carbocycles. The maximum absolute atomic E-state index is 13.7. The lowest BCUT2D eigenvalue weighted by atomic mass is 10.1. The summed E-state index contributed by atoms with van der Waals surface area (Å²) in [7, 11) is 0. The summed E-state index contributed by atoms with van der Waals surface area (Å²) in [6.07, 6.45) is 0. The van der Waals surface area contributed by atoms with Crippen molar-refractivity contribution in [3.05, 3.63) is 35.2 Å². The Morgan fingerprint density at radius 2 is 1.67 bits per heavy atom. The van der Waals surface area contributed by atoms with Gasteiger partial charge in [-0.05, 0) is 31.2 Å². The van der Waals surface area contributed by atoms with Crippen molar-refractivity contribution in [3.8, 4) is 5.69 Å². The van der Waals surface area contributed by atoms with E-state index in [9.17, 15) is 17.6 Å². The summed E-state index contributed by atoms with van der Waals surface area (Å²) in [6, 6.07) is 0.131. The van der Waals surface area contributed by atoms with E-state index in [4.69, 9.17) is 0 Å². The van der Waals surface area contributed by atoms with Crippen LogP contribution in [0.1, 0.15) is 26.6 Å². The number of rotatable bonds is 3. The summed E-state index contributed by atoms with van der Waals surface area (Å²) < 4.78 is 54.6. The van der Waals surface area contributed by atoms with Crippen molar-refractivity contribution < 1.29 is 17.6 Å². The number of hydrogen-bond donors (Lipinski definition) is 1. The molecule has 0 amide bonds. The lowest BCUT2D eigenvalue weighted by Crippen LogP contribution is -2.36. The van der Waals surface area contributed by atoms with Gasteiger partial charge in [0.2, 0.25) is 0 Å². The summed E-state index contributed by atoms with van der Waals surface area (Å²) in [5, 5.41) is 13.3. The molecule has 1 N–H and O–H groups in total. The Balaban J connectivity index is 2.47. The first-order valence-electron chi connectivity index (χ1n) is 6.06. The summed E-state index contributed by atoms with van der Waals surface area (Å²) >= 11 is 0. The van der Waals surface area contributed by atoms with E-state index in [-0.39, 0.29) is 24.0 Å². The molecule has 9 heteroatoms. The molecule has 0 fully saturated rings. The molecule has 2 rings (SSSR count). The first kappa shape index (κ1) is 15.4. The number of nitrogens with zero attached hydrogens (tertiary/aromatic N) is 4. The fourth-order valence-electron chi connectivity index (χ4n) is 1.58. The van der Waals surface area contributed by atoms with Gasteiger partial charge in [-0.3, -0.25) is 0 Å². The normalized spacial score (nSPS) is 12.0. The van der Waals surface area contributed by atoms with Gasteiger partial charge in [-0.1, -0.05) is 0 Å². The molecule has 0 aliphatic carbocycles. The molecule has 1 heterocycles. The van der Waals surface area contributed by atoms with Gasteiger partial charge in [0.1, 0.15) is 5.69 Å². The van der Waals surface area contributed by atoms with Gasteiger partial charge < -0.3 is 5.32 Å². The van der Waals surface area contributed by atoms with E-state index in [1.54, 1.807) is 0 Å². The molecule has 21 heavy (non-hydrogen) atoms. The Kier molecular flexibility index (Phi) is 3.95. The highest BCUT2D eigenvalue weighted by Gasteiger charge is 2.24. The molecule has 0 bridgehead atoms. The minimum Gasteiger partial charge on any atom is -0.305 e. The number of tetrazole rings is 1. The summed E-state index contributed by atoms with van der Waals surface area (Å²) in [4.78, 5) is 0. The number of nitrogens with one attached hydrogen (secondary N) is 1. The molecule has 0 radical (unpaired) electrons. The Morgan fingerprint density at radius 1 is 1.10 bits per heavy atom. The zero-order valence-corrected chi connectivity index (χ0v) is 11.6. The second-order valence-electron chi connectivity index (χ2n) is 5.43. The number of aromatic nitrogens is 4. The third kappa shape index (κ3) is 3.18. The van der Waals surface area contributed by atoms with Gasteiger partial charge in [0, 0.05) is 11.6 Å². The molecule has 0 unspecified atom stereocenters. The third-order valence-electron chi connectivity index (χ3n) is 2.61. The highest BCUT2D eigenvalue weighted by atomic mass is 19.2. The van der Waals surface area contributed by atoms with Crippen molar-refractivity contribution in [3.63, 3.8) is 0 Å². The van der Waals surface area contributed by atoms with Crippen molar-refractivity contribution in [2.45, 2.75) is 32.9 Å². The molecule has 0 atom stereocenters. The van der Waals surface area contributed by atoms with Crippen LogP contribution >= 0.6 is 0 Å². The predicted octanol–water partition coefficient (Wildman–Crippen LogP) is 2.11. The Morgan fingerprint density at radius 3 is 2.19 bits per heavy atom. The van der Waals surface area contributed by atoms with Crippen LogP contribution in [0.2, 0.25) is 0 Å². The topological polar surface area (TPSA) is 55.6 Å². The molecular formula is C12H13F4N5. The second kappa shape index (κ2) is 5.40. The molecule has 5 nitrogen and oxygen atoms in total. The van der Waals surface area contributed by atoms with Crippen LogP contribution in [-0.4, -0.2) is 25.7 Å². The van der Waals surface area contributed by atoms with Crippen molar-refractivity contribution in [2.24, 2.45) is 0 Å². The van der Waals surface area contributed by atoms with E-state index < -0.39 is 29.0 Å². The average Bonchev–Trinajstić information content (AvgIpc) is 2.82. The van der Waals surface area contributed by atoms with Gasteiger partial charge in [-0.25, -0.2) is 17.6 Å². The van der Waals surface area contributed by atoms with Crippen LogP contribution in [-0.2, 0) is 6.54 Å². The van der Waals surface area contributed by atoms with Crippen molar-refractivity contribution in [1.29, 1.82) is 0 Å². The van der Waals surface area contributed by atoms with Crippen molar-refractivity contribution in [2.75, 3.05) is 0 Å². The van der Waals surface area contributed by atoms with E-state index in [1.165, 1.54) is 0 Å². The minimum absolute atomic E-state index is 0.0210. The first-order valence-corrected chi connectivity index (χ1v) is 6.06. The quantitative estimate of drug-likeness (QED) is 0.697. The molecule has 114 valence electrons. The predicted molar refractivity (Wildman–Crippen MR) is 65.6 cm³/mol. The summed E-state index contributed by atoms with van der Waals surface area (Å²) in [5.74, 6) is -6.13.